The topological polar surface area (TPSA) is 12.0 Å². The summed E-state index contributed by atoms with van der Waals surface area (Å²) in [5.41, 5.74) is 4.29. The van der Waals surface area contributed by atoms with Gasteiger partial charge in [-0.1, -0.05) is 36.2 Å². The van der Waals surface area contributed by atoms with Crippen molar-refractivity contribution < 1.29 is 0 Å². The van der Waals surface area contributed by atoms with Crippen LogP contribution in [0.2, 0.25) is 0 Å². The Morgan fingerprint density at radius 2 is 1.82 bits per heavy atom. The summed E-state index contributed by atoms with van der Waals surface area (Å²) in [6, 6.07) is 7.77. The molecule has 0 bridgehead atoms. The maximum atomic E-state index is 3.60. The summed E-state index contributed by atoms with van der Waals surface area (Å²) < 4.78 is 0. The molecule has 0 saturated heterocycles. The van der Waals surface area contributed by atoms with Crippen molar-refractivity contribution in [1.82, 2.24) is 5.32 Å². The first-order valence-electron chi connectivity index (χ1n) is 6.94. The Bertz CT molecular complexity index is 346. The quantitative estimate of drug-likeness (QED) is 0.788. The summed E-state index contributed by atoms with van der Waals surface area (Å²) in [6.45, 7) is 7.94. The van der Waals surface area contributed by atoms with E-state index in [2.05, 4.69) is 44.3 Å². The standard InChI is InChI=1S/C16H25N/c1-12(6-7-17-16-4-5-16)9-15-10-13(2)8-14(3)11-15/h8,10-12,16-17H,4-7,9H2,1-3H3. The SMILES string of the molecule is Cc1cc(C)cc(CC(C)CCNC2CC2)c1. The number of nitrogens with one attached hydrogen (secondary N) is 1. The predicted octanol–water partition coefficient (Wildman–Crippen LogP) is 3.62. The Hall–Kier alpha value is -0.820. The second-order valence-electron chi connectivity index (χ2n) is 5.82. The van der Waals surface area contributed by atoms with Crippen LogP contribution in [0.15, 0.2) is 18.2 Å². The zero-order valence-electron chi connectivity index (χ0n) is 11.4. The van der Waals surface area contributed by atoms with Crippen molar-refractivity contribution in [3.8, 4) is 0 Å². The van der Waals surface area contributed by atoms with Crippen molar-refractivity contribution in [1.29, 1.82) is 0 Å². The summed E-state index contributed by atoms with van der Waals surface area (Å²) in [5, 5.41) is 3.60. The van der Waals surface area contributed by atoms with Gasteiger partial charge in [0.25, 0.3) is 0 Å². The Morgan fingerprint density at radius 3 is 2.41 bits per heavy atom. The highest BCUT2D eigenvalue weighted by Gasteiger charge is 2.19. The van der Waals surface area contributed by atoms with Crippen molar-refractivity contribution in [2.45, 2.75) is 52.5 Å². The van der Waals surface area contributed by atoms with Gasteiger partial charge in [-0.25, -0.2) is 0 Å². The third-order valence-corrected chi connectivity index (χ3v) is 3.51. The van der Waals surface area contributed by atoms with Crippen LogP contribution in [0, 0.1) is 19.8 Å². The normalized spacial score (nSPS) is 17.1. The molecule has 0 amide bonds. The molecule has 94 valence electrons. The molecular weight excluding hydrogens is 206 g/mol. The molecule has 0 radical (unpaired) electrons. The highest BCUT2D eigenvalue weighted by molar-refractivity contribution is 5.28. The van der Waals surface area contributed by atoms with Crippen molar-refractivity contribution in [3.63, 3.8) is 0 Å². The maximum absolute atomic E-state index is 3.60. The lowest BCUT2D eigenvalue weighted by Crippen LogP contribution is -2.20. The molecule has 1 heteroatoms. The third-order valence-electron chi connectivity index (χ3n) is 3.51. The van der Waals surface area contributed by atoms with Crippen molar-refractivity contribution in [3.05, 3.63) is 34.9 Å². The molecule has 17 heavy (non-hydrogen) atoms. The number of hydrogen-bond acceptors (Lipinski definition) is 1. The minimum Gasteiger partial charge on any atom is -0.314 e. The second-order valence-corrected chi connectivity index (χ2v) is 5.82. The van der Waals surface area contributed by atoms with Gasteiger partial charge in [-0.05, 0) is 57.6 Å². The molecule has 0 heterocycles. The number of benzene rings is 1. The van der Waals surface area contributed by atoms with Crippen LogP contribution in [-0.2, 0) is 6.42 Å². The molecule has 1 fully saturated rings. The molecule has 1 aliphatic carbocycles. The number of rotatable bonds is 6. The molecule has 2 rings (SSSR count). The Kier molecular flexibility index (Phi) is 4.22. The van der Waals surface area contributed by atoms with Crippen molar-refractivity contribution >= 4 is 0 Å². The third kappa shape index (κ3) is 4.51. The van der Waals surface area contributed by atoms with E-state index in [0.29, 0.717) is 0 Å². The van der Waals surface area contributed by atoms with E-state index in [-0.39, 0.29) is 0 Å². The Morgan fingerprint density at radius 1 is 1.18 bits per heavy atom. The van der Waals surface area contributed by atoms with E-state index < -0.39 is 0 Å². The van der Waals surface area contributed by atoms with Gasteiger partial charge >= 0.3 is 0 Å². The lowest BCUT2D eigenvalue weighted by Gasteiger charge is -2.13. The fourth-order valence-electron chi connectivity index (χ4n) is 2.51. The van der Waals surface area contributed by atoms with Crippen LogP contribution < -0.4 is 5.32 Å². The molecule has 1 aromatic rings. The summed E-state index contributed by atoms with van der Waals surface area (Å²) >= 11 is 0. The Labute approximate surface area is 106 Å². The molecule has 1 saturated carbocycles. The van der Waals surface area contributed by atoms with E-state index in [9.17, 15) is 0 Å². The zero-order chi connectivity index (χ0) is 12.3. The molecule has 0 spiro atoms. The van der Waals surface area contributed by atoms with Crippen LogP contribution in [0.5, 0.6) is 0 Å². The highest BCUT2D eigenvalue weighted by Crippen LogP contribution is 2.19. The largest absolute Gasteiger partial charge is 0.314 e. The van der Waals surface area contributed by atoms with Gasteiger partial charge in [-0.2, -0.15) is 0 Å². The van der Waals surface area contributed by atoms with Crippen LogP contribution in [0.1, 0.15) is 42.9 Å². The first kappa shape index (κ1) is 12.6. The molecule has 0 aromatic heterocycles. The van der Waals surface area contributed by atoms with Crippen LogP contribution >= 0.6 is 0 Å². The van der Waals surface area contributed by atoms with E-state index in [1.165, 1.54) is 48.9 Å². The second kappa shape index (κ2) is 5.68. The number of aryl methyl sites for hydroxylation is 2. The first-order chi connectivity index (χ1) is 8.13. The average Bonchev–Trinajstić information content (AvgIpc) is 2.99. The first-order valence-corrected chi connectivity index (χ1v) is 6.94. The maximum Gasteiger partial charge on any atom is 0.00682 e. The molecular formula is C16H25N. The molecule has 1 aliphatic rings. The van der Waals surface area contributed by atoms with Gasteiger partial charge < -0.3 is 5.32 Å². The van der Waals surface area contributed by atoms with Gasteiger partial charge in [0.05, 0.1) is 0 Å². The van der Waals surface area contributed by atoms with Gasteiger partial charge in [-0.3, -0.25) is 0 Å². The summed E-state index contributed by atoms with van der Waals surface area (Å²) in [7, 11) is 0. The molecule has 1 atom stereocenters. The van der Waals surface area contributed by atoms with Gasteiger partial charge in [-0.15, -0.1) is 0 Å². The van der Waals surface area contributed by atoms with Crippen LogP contribution in [0.3, 0.4) is 0 Å². The fraction of sp³-hybridized carbons (Fsp3) is 0.625. The zero-order valence-corrected chi connectivity index (χ0v) is 11.4. The minimum atomic E-state index is 0.780. The summed E-state index contributed by atoms with van der Waals surface area (Å²) in [6.07, 6.45) is 5.30. The highest BCUT2D eigenvalue weighted by atomic mass is 14.9. The number of hydrogen-bond donors (Lipinski definition) is 1. The molecule has 1 aromatic carbocycles. The molecule has 1 unspecified atom stereocenters. The Balaban J connectivity index is 1.77. The molecule has 1 N–H and O–H groups in total. The summed E-state index contributed by atoms with van der Waals surface area (Å²) in [5.74, 6) is 0.780. The van der Waals surface area contributed by atoms with E-state index in [1.807, 2.05) is 0 Å². The monoisotopic (exact) mass is 231 g/mol. The van der Waals surface area contributed by atoms with Gasteiger partial charge in [0, 0.05) is 6.04 Å². The minimum absolute atomic E-state index is 0.780. The van der Waals surface area contributed by atoms with E-state index in [4.69, 9.17) is 0 Å². The van der Waals surface area contributed by atoms with Gasteiger partial charge in [0.2, 0.25) is 0 Å². The molecule has 0 aliphatic heterocycles. The smallest absolute Gasteiger partial charge is 0.00682 e. The van der Waals surface area contributed by atoms with Gasteiger partial charge in [0.1, 0.15) is 0 Å². The average molecular weight is 231 g/mol. The van der Waals surface area contributed by atoms with Crippen molar-refractivity contribution in [2.75, 3.05) is 6.54 Å². The van der Waals surface area contributed by atoms with E-state index >= 15 is 0 Å². The van der Waals surface area contributed by atoms with Crippen LogP contribution in [0.25, 0.3) is 0 Å². The van der Waals surface area contributed by atoms with E-state index in [1.54, 1.807) is 0 Å². The van der Waals surface area contributed by atoms with E-state index in [0.717, 1.165) is 12.0 Å². The summed E-state index contributed by atoms with van der Waals surface area (Å²) in [4.78, 5) is 0. The van der Waals surface area contributed by atoms with Crippen LogP contribution in [-0.4, -0.2) is 12.6 Å². The van der Waals surface area contributed by atoms with Crippen molar-refractivity contribution in [2.24, 2.45) is 5.92 Å². The molecule has 1 nitrogen and oxygen atoms in total. The van der Waals surface area contributed by atoms with Gasteiger partial charge in [0.15, 0.2) is 0 Å². The predicted molar refractivity (Wildman–Crippen MR) is 74.4 cm³/mol. The lowest BCUT2D eigenvalue weighted by atomic mass is 9.96. The fourth-order valence-corrected chi connectivity index (χ4v) is 2.51. The lowest BCUT2D eigenvalue weighted by molar-refractivity contribution is 0.497. The van der Waals surface area contributed by atoms with Crippen LogP contribution in [0.4, 0.5) is 0 Å².